The van der Waals surface area contributed by atoms with Crippen LogP contribution in [-0.2, 0) is 10.1 Å². The summed E-state index contributed by atoms with van der Waals surface area (Å²) in [5, 5.41) is 2.72. The maximum absolute atomic E-state index is 12.7. The summed E-state index contributed by atoms with van der Waals surface area (Å²) in [5.74, 6) is -4.85. The van der Waals surface area contributed by atoms with Gasteiger partial charge >= 0.3 is 50.9 Å². The van der Waals surface area contributed by atoms with E-state index >= 15 is 0 Å². The van der Waals surface area contributed by atoms with Gasteiger partial charge in [-0.15, -0.1) is 0 Å². The molecule has 0 radical (unpaired) electrons. The first-order valence-corrected chi connectivity index (χ1v) is 5.34. The van der Waals surface area contributed by atoms with Crippen molar-refractivity contribution in [2.75, 3.05) is 6.61 Å². The van der Waals surface area contributed by atoms with Gasteiger partial charge in [0.2, 0.25) is 0 Å². The van der Waals surface area contributed by atoms with Gasteiger partial charge in [0.15, 0.2) is 0 Å². The summed E-state index contributed by atoms with van der Waals surface area (Å²) in [7, 11) is -6.14. The topological polar surface area (TPSA) is 74.6 Å². The van der Waals surface area contributed by atoms with Gasteiger partial charge in [-0.1, -0.05) is 0 Å². The van der Waals surface area contributed by atoms with E-state index in [1.807, 2.05) is 0 Å². The van der Waals surface area contributed by atoms with Crippen LogP contribution < -0.4 is 0 Å². The third kappa shape index (κ3) is 4.46. The van der Waals surface area contributed by atoms with Gasteiger partial charge in [-0.25, -0.2) is 0 Å². The minimum absolute atomic E-state index is 0. The molecule has 0 aliphatic carbocycles. The molecular weight excluding hydrogens is 267 g/mol. The summed E-state index contributed by atoms with van der Waals surface area (Å²) in [4.78, 5) is 0. The summed E-state index contributed by atoms with van der Waals surface area (Å²) in [5.41, 5.74) is 0. The Morgan fingerprint density at radius 1 is 1.06 bits per heavy atom. The van der Waals surface area contributed by atoms with Crippen molar-refractivity contribution in [2.45, 2.75) is 30.4 Å². The van der Waals surface area contributed by atoms with E-state index in [9.17, 15) is 26.0 Å². The number of halogens is 4. The average Bonchev–Trinajstić information content (AvgIpc) is 2.02. The van der Waals surface area contributed by atoms with Crippen LogP contribution in [0.25, 0.3) is 0 Å². The van der Waals surface area contributed by atoms with E-state index < -0.39 is 40.7 Å². The van der Waals surface area contributed by atoms with Crippen molar-refractivity contribution >= 4 is 39.7 Å². The molecule has 4 nitrogen and oxygen atoms in total. The molecular formula is C6H11F4NaO4S. The second kappa shape index (κ2) is 6.50. The Kier molecular flexibility index (Phi) is 7.70. The standard InChI is InChI=1S/C6H10F4O4S.Na.H/c7-5(8,3-1-2-4-11)6(9,10)15(12,13)14;;/h11H,1-4H2,(H,12,13,14);;. The van der Waals surface area contributed by atoms with Gasteiger partial charge < -0.3 is 5.11 Å². The second-order valence-electron chi connectivity index (χ2n) is 2.88. The zero-order valence-corrected chi connectivity index (χ0v) is 8.28. The molecule has 0 amide bonds. The third-order valence-electron chi connectivity index (χ3n) is 1.65. The Labute approximate surface area is 112 Å². The molecule has 0 aromatic carbocycles. The van der Waals surface area contributed by atoms with Crippen LogP contribution in [0.15, 0.2) is 0 Å². The summed E-state index contributed by atoms with van der Waals surface area (Å²) in [6, 6.07) is 0. The van der Waals surface area contributed by atoms with Crippen LogP contribution in [0, 0.1) is 0 Å². The van der Waals surface area contributed by atoms with Crippen molar-refractivity contribution in [1.29, 1.82) is 0 Å². The zero-order chi connectivity index (χ0) is 12.3. The number of hydrogen-bond acceptors (Lipinski definition) is 3. The first-order valence-electron chi connectivity index (χ1n) is 3.90. The molecule has 2 N–H and O–H groups in total. The van der Waals surface area contributed by atoms with Crippen molar-refractivity contribution < 1.29 is 35.6 Å². The van der Waals surface area contributed by atoms with Gasteiger partial charge in [-0.2, -0.15) is 26.0 Å². The number of aliphatic hydroxyl groups excluding tert-OH is 1. The second-order valence-corrected chi connectivity index (χ2v) is 4.34. The van der Waals surface area contributed by atoms with Crippen molar-refractivity contribution in [3.63, 3.8) is 0 Å². The van der Waals surface area contributed by atoms with Crippen LogP contribution in [0.4, 0.5) is 17.6 Å². The number of hydrogen-bond donors (Lipinski definition) is 2. The molecule has 0 bridgehead atoms. The molecule has 0 aliphatic heterocycles. The first-order chi connectivity index (χ1) is 6.56. The number of rotatable bonds is 6. The molecule has 0 fully saturated rings. The quantitative estimate of drug-likeness (QED) is 0.323. The molecule has 10 heteroatoms. The zero-order valence-electron chi connectivity index (χ0n) is 7.46. The van der Waals surface area contributed by atoms with Crippen LogP contribution in [0.1, 0.15) is 19.3 Å². The molecule has 0 spiro atoms. The Morgan fingerprint density at radius 2 is 1.50 bits per heavy atom. The summed E-state index contributed by atoms with van der Waals surface area (Å²) >= 11 is 0. The third-order valence-corrected chi connectivity index (χ3v) is 2.60. The monoisotopic (exact) mass is 278 g/mol. The summed E-state index contributed by atoms with van der Waals surface area (Å²) < 4.78 is 78.2. The fourth-order valence-electron chi connectivity index (χ4n) is 0.793. The normalized spacial score (nSPS) is 13.4. The van der Waals surface area contributed by atoms with E-state index in [0.717, 1.165) is 0 Å². The van der Waals surface area contributed by atoms with Crippen LogP contribution in [0.2, 0.25) is 0 Å². The fraction of sp³-hybridized carbons (Fsp3) is 1.00. The van der Waals surface area contributed by atoms with Crippen molar-refractivity contribution in [1.82, 2.24) is 0 Å². The SMILES string of the molecule is O=S(=O)(O)C(F)(F)C(F)(F)CCCCO.[NaH]. The summed E-state index contributed by atoms with van der Waals surface area (Å²) in [6.07, 6.45) is -2.06. The van der Waals surface area contributed by atoms with E-state index in [-0.39, 0.29) is 36.0 Å². The Hall–Kier alpha value is 0.590. The van der Waals surface area contributed by atoms with E-state index in [0.29, 0.717) is 0 Å². The molecule has 0 aromatic rings. The van der Waals surface area contributed by atoms with Gasteiger partial charge in [-0.3, -0.25) is 4.55 Å². The van der Waals surface area contributed by atoms with Crippen molar-refractivity contribution in [2.24, 2.45) is 0 Å². The molecule has 0 aromatic heterocycles. The number of aliphatic hydroxyl groups is 1. The van der Waals surface area contributed by atoms with Crippen molar-refractivity contribution in [3.8, 4) is 0 Å². The van der Waals surface area contributed by atoms with Crippen LogP contribution in [-0.4, -0.2) is 65.4 Å². The molecule has 0 aliphatic rings. The fourth-order valence-corrected chi connectivity index (χ4v) is 1.27. The van der Waals surface area contributed by atoms with Gasteiger partial charge in [0.25, 0.3) is 0 Å². The van der Waals surface area contributed by atoms with Crippen LogP contribution >= 0.6 is 0 Å². The minimum atomic E-state index is -6.14. The summed E-state index contributed by atoms with van der Waals surface area (Å²) in [6.45, 7) is -0.465. The Morgan fingerprint density at radius 3 is 1.81 bits per heavy atom. The molecule has 0 rings (SSSR count). The predicted octanol–water partition coefficient (Wildman–Crippen LogP) is 0.616. The van der Waals surface area contributed by atoms with E-state index in [4.69, 9.17) is 9.66 Å². The molecule has 0 atom stereocenters. The van der Waals surface area contributed by atoms with Crippen LogP contribution in [0.3, 0.4) is 0 Å². The van der Waals surface area contributed by atoms with Gasteiger partial charge in [-0.05, 0) is 12.8 Å². The average molecular weight is 278 g/mol. The van der Waals surface area contributed by atoms with Gasteiger partial charge in [0.05, 0.1) is 0 Å². The molecule has 0 unspecified atom stereocenters. The van der Waals surface area contributed by atoms with Gasteiger partial charge in [0.1, 0.15) is 0 Å². The van der Waals surface area contributed by atoms with E-state index in [2.05, 4.69) is 0 Å². The number of unbranched alkanes of at least 4 members (excludes halogenated alkanes) is 1. The maximum atomic E-state index is 12.7. The molecule has 0 heterocycles. The predicted molar refractivity (Wildman–Crippen MR) is 49.5 cm³/mol. The molecule has 0 saturated carbocycles. The van der Waals surface area contributed by atoms with Crippen LogP contribution in [0.5, 0.6) is 0 Å². The van der Waals surface area contributed by atoms with E-state index in [1.165, 1.54) is 0 Å². The Balaban J connectivity index is 0. The van der Waals surface area contributed by atoms with Crippen molar-refractivity contribution in [3.05, 3.63) is 0 Å². The molecule has 94 valence electrons. The Bertz CT molecular complexity index is 306. The molecule has 0 saturated heterocycles. The van der Waals surface area contributed by atoms with Gasteiger partial charge in [0, 0.05) is 13.0 Å². The number of alkyl halides is 4. The first kappa shape index (κ1) is 18.9. The molecule has 16 heavy (non-hydrogen) atoms. The van der Waals surface area contributed by atoms with E-state index in [1.54, 1.807) is 0 Å².